The number of hydrogen-bond acceptors (Lipinski definition) is 5. The Hall–Kier alpha value is -2.93. The Bertz CT molecular complexity index is 1030. The van der Waals surface area contributed by atoms with Crippen LogP contribution in [0.5, 0.6) is 0 Å². The van der Waals surface area contributed by atoms with Gasteiger partial charge >= 0.3 is 5.97 Å². The third-order valence-electron chi connectivity index (χ3n) is 4.98. The molecule has 0 bridgehead atoms. The summed E-state index contributed by atoms with van der Waals surface area (Å²) in [6.07, 6.45) is 1.41. The highest BCUT2D eigenvalue weighted by molar-refractivity contribution is 6.30. The first kappa shape index (κ1) is 19.4. The molecule has 0 atom stereocenters. The molecule has 0 spiro atoms. The van der Waals surface area contributed by atoms with E-state index in [1.165, 1.54) is 12.1 Å². The minimum Gasteiger partial charge on any atom is -0.452 e. The predicted octanol–water partition coefficient (Wildman–Crippen LogP) is 4.18. The largest absolute Gasteiger partial charge is 0.452 e. The fourth-order valence-electron chi connectivity index (χ4n) is 3.39. The van der Waals surface area contributed by atoms with Gasteiger partial charge in [0.05, 0.1) is 5.56 Å². The van der Waals surface area contributed by atoms with Crippen molar-refractivity contribution < 1.29 is 23.1 Å². The molecule has 1 aliphatic heterocycles. The van der Waals surface area contributed by atoms with Gasteiger partial charge in [-0.25, -0.2) is 14.2 Å². The molecule has 1 fully saturated rings. The molecule has 2 heterocycles. The number of rotatable bonds is 4. The zero-order valence-corrected chi connectivity index (χ0v) is 16.2. The Morgan fingerprint density at radius 3 is 2.72 bits per heavy atom. The van der Waals surface area contributed by atoms with Gasteiger partial charge in [-0.1, -0.05) is 23.7 Å². The van der Waals surface area contributed by atoms with Crippen LogP contribution in [0.2, 0.25) is 5.02 Å². The molecule has 150 valence electrons. The molecule has 0 unspecified atom stereocenters. The van der Waals surface area contributed by atoms with Gasteiger partial charge in [-0.3, -0.25) is 4.79 Å². The first-order valence-corrected chi connectivity index (χ1v) is 9.64. The van der Waals surface area contributed by atoms with Crippen molar-refractivity contribution in [1.29, 1.82) is 0 Å². The first-order chi connectivity index (χ1) is 14.0. The maximum absolute atomic E-state index is 13.7. The Kier molecular flexibility index (Phi) is 5.49. The van der Waals surface area contributed by atoms with E-state index in [1.807, 2.05) is 24.3 Å². The van der Waals surface area contributed by atoms with Gasteiger partial charge in [0.1, 0.15) is 11.3 Å². The average molecular weight is 417 g/mol. The number of carbonyl (C=O) groups is 2. The number of fused-ring (bicyclic) bond motifs is 1. The number of aromatic nitrogens is 1. The van der Waals surface area contributed by atoms with E-state index in [-0.39, 0.29) is 22.4 Å². The molecule has 0 radical (unpaired) electrons. The lowest BCUT2D eigenvalue weighted by Gasteiger charge is -2.30. The lowest BCUT2D eigenvalue weighted by atomic mass is 9.97. The predicted molar refractivity (Wildman–Crippen MR) is 104 cm³/mol. The van der Waals surface area contributed by atoms with Crippen LogP contribution in [0.3, 0.4) is 0 Å². The van der Waals surface area contributed by atoms with Gasteiger partial charge in [-0.05, 0) is 43.2 Å². The Morgan fingerprint density at radius 1 is 1.21 bits per heavy atom. The molecule has 2 aromatic carbocycles. The first-order valence-electron chi connectivity index (χ1n) is 9.26. The molecule has 1 saturated heterocycles. The minimum absolute atomic E-state index is 0.134. The SMILES string of the molecule is O=C(OCC(=O)N1CCC(c2nc3ccccc3o2)CC1)c1cc(Cl)ccc1F. The molecule has 4 rings (SSSR count). The number of piperidine rings is 1. The van der Waals surface area contributed by atoms with E-state index in [9.17, 15) is 14.0 Å². The third-order valence-corrected chi connectivity index (χ3v) is 5.22. The lowest BCUT2D eigenvalue weighted by Crippen LogP contribution is -2.40. The average Bonchev–Trinajstić information content (AvgIpc) is 3.18. The summed E-state index contributed by atoms with van der Waals surface area (Å²) in [5.41, 5.74) is 1.28. The fraction of sp³-hybridized carbons (Fsp3) is 0.286. The summed E-state index contributed by atoms with van der Waals surface area (Å²) in [6, 6.07) is 11.2. The van der Waals surface area contributed by atoms with Crippen LogP contribution in [-0.2, 0) is 9.53 Å². The van der Waals surface area contributed by atoms with E-state index < -0.39 is 18.4 Å². The normalized spacial score (nSPS) is 14.9. The van der Waals surface area contributed by atoms with Gasteiger partial charge in [0, 0.05) is 24.0 Å². The second-order valence-corrected chi connectivity index (χ2v) is 7.31. The van der Waals surface area contributed by atoms with Gasteiger partial charge in [0.15, 0.2) is 18.1 Å². The van der Waals surface area contributed by atoms with Crippen LogP contribution in [-0.4, -0.2) is 41.5 Å². The van der Waals surface area contributed by atoms with Gasteiger partial charge in [-0.2, -0.15) is 0 Å². The fourth-order valence-corrected chi connectivity index (χ4v) is 3.56. The number of para-hydroxylation sites is 2. The highest BCUT2D eigenvalue weighted by Gasteiger charge is 2.27. The molecular weight excluding hydrogens is 399 g/mol. The summed E-state index contributed by atoms with van der Waals surface area (Å²) < 4.78 is 24.5. The summed E-state index contributed by atoms with van der Waals surface area (Å²) in [5.74, 6) is -1.17. The Labute approximate surface area is 171 Å². The van der Waals surface area contributed by atoms with Crippen LogP contribution in [0.15, 0.2) is 46.9 Å². The number of carbonyl (C=O) groups excluding carboxylic acids is 2. The monoisotopic (exact) mass is 416 g/mol. The van der Waals surface area contributed by atoms with Gasteiger partial charge in [-0.15, -0.1) is 0 Å². The number of hydrogen-bond donors (Lipinski definition) is 0. The molecule has 6 nitrogen and oxygen atoms in total. The van der Waals surface area contributed by atoms with Crippen LogP contribution in [0.25, 0.3) is 11.1 Å². The van der Waals surface area contributed by atoms with Gasteiger partial charge in [0.25, 0.3) is 5.91 Å². The van der Waals surface area contributed by atoms with Crippen molar-refractivity contribution in [1.82, 2.24) is 9.88 Å². The minimum atomic E-state index is -0.917. The second-order valence-electron chi connectivity index (χ2n) is 6.88. The zero-order chi connectivity index (χ0) is 20.4. The molecular formula is C21H18ClFN2O4. The molecule has 1 amide bonds. The number of oxazole rings is 1. The van der Waals surface area contributed by atoms with Crippen molar-refractivity contribution in [3.63, 3.8) is 0 Å². The summed E-state index contributed by atoms with van der Waals surface area (Å²) >= 11 is 5.77. The van der Waals surface area contributed by atoms with E-state index in [2.05, 4.69) is 4.98 Å². The summed E-state index contributed by atoms with van der Waals surface area (Å²) in [5, 5.41) is 0.214. The summed E-state index contributed by atoms with van der Waals surface area (Å²) in [4.78, 5) is 30.5. The summed E-state index contributed by atoms with van der Waals surface area (Å²) in [6.45, 7) is 0.564. The van der Waals surface area contributed by atoms with E-state index in [4.69, 9.17) is 20.8 Å². The van der Waals surface area contributed by atoms with Crippen LogP contribution in [0.4, 0.5) is 4.39 Å². The number of nitrogens with zero attached hydrogens (tertiary/aromatic N) is 2. The molecule has 0 aliphatic carbocycles. The van der Waals surface area contributed by atoms with Crippen molar-refractivity contribution in [2.24, 2.45) is 0 Å². The maximum atomic E-state index is 13.7. The van der Waals surface area contributed by atoms with E-state index in [1.54, 1.807) is 4.90 Å². The number of halogens is 2. The van der Waals surface area contributed by atoms with Crippen LogP contribution in [0, 0.1) is 5.82 Å². The molecule has 8 heteroatoms. The lowest BCUT2D eigenvalue weighted by molar-refractivity contribution is -0.135. The number of amides is 1. The molecule has 0 N–H and O–H groups in total. The molecule has 1 aliphatic rings. The number of esters is 1. The van der Waals surface area contributed by atoms with Crippen molar-refractivity contribution in [2.45, 2.75) is 18.8 Å². The smallest absolute Gasteiger partial charge is 0.341 e. The van der Waals surface area contributed by atoms with Crippen molar-refractivity contribution in [3.8, 4) is 0 Å². The topological polar surface area (TPSA) is 72.6 Å². The molecule has 0 saturated carbocycles. The molecule has 29 heavy (non-hydrogen) atoms. The van der Waals surface area contributed by atoms with Crippen LogP contribution < -0.4 is 0 Å². The summed E-state index contributed by atoms with van der Waals surface area (Å²) in [7, 11) is 0. The van der Waals surface area contributed by atoms with E-state index in [0.29, 0.717) is 31.8 Å². The van der Waals surface area contributed by atoms with Crippen molar-refractivity contribution >= 4 is 34.6 Å². The second kappa shape index (κ2) is 8.21. The van der Waals surface area contributed by atoms with Gasteiger partial charge in [0.2, 0.25) is 0 Å². The van der Waals surface area contributed by atoms with Crippen molar-refractivity contribution in [2.75, 3.05) is 19.7 Å². The van der Waals surface area contributed by atoms with Crippen LogP contribution >= 0.6 is 11.6 Å². The Morgan fingerprint density at radius 2 is 1.97 bits per heavy atom. The maximum Gasteiger partial charge on any atom is 0.341 e. The number of ether oxygens (including phenoxy) is 1. The van der Waals surface area contributed by atoms with Crippen molar-refractivity contribution in [3.05, 3.63) is 64.8 Å². The standard InChI is InChI=1S/C21H18ClFN2O4/c22-14-5-6-16(23)15(11-14)21(27)28-12-19(26)25-9-7-13(8-10-25)20-24-17-3-1-2-4-18(17)29-20/h1-6,11,13H,7-10,12H2. The molecule has 1 aromatic heterocycles. The Balaban J connectivity index is 1.31. The molecule has 3 aromatic rings. The van der Waals surface area contributed by atoms with Crippen LogP contribution in [0.1, 0.15) is 35.0 Å². The number of likely N-dealkylation sites (tertiary alicyclic amines) is 1. The van der Waals surface area contributed by atoms with E-state index in [0.717, 1.165) is 17.2 Å². The van der Waals surface area contributed by atoms with Gasteiger partial charge < -0.3 is 14.1 Å². The highest BCUT2D eigenvalue weighted by Crippen LogP contribution is 2.30. The highest BCUT2D eigenvalue weighted by atomic mass is 35.5. The zero-order valence-electron chi connectivity index (χ0n) is 15.4. The quantitative estimate of drug-likeness (QED) is 0.596. The third kappa shape index (κ3) is 4.24. The van der Waals surface area contributed by atoms with E-state index >= 15 is 0 Å². The number of benzene rings is 2.